The summed E-state index contributed by atoms with van der Waals surface area (Å²) < 4.78 is 3.74. The number of hydrazone groups is 2. The van der Waals surface area contributed by atoms with E-state index in [1.54, 1.807) is 12.4 Å². The normalized spacial score (nSPS) is 11.4. The van der Waals surface area contributed by atoms with E-state index in [1.807, 2.05) is 154 Å². The van der Waals surface area contributed by atoms with Crippen molar-refractivity contribution in [3.63, 3.8) is 0 Å². The van der Waals surface area contributed by atoms with Crippen LogP contribution in [0.15, 0.2) is 179 Å². The van der Waals surface area contributed by atoms with Crippen LogP contribution in [0.3, 0.4) is 0 Å². The van der Waals surface area contributed by atoms with Crippen LogP contribution in [0.5, 0.6) is 0 Å². The summed E-state index contributed by atoms with van der Waals surface area (Å²) in [4.78, 5) is 9.41. The summed E-state index contributed by atoms with van der Waals surface area (Å²) >= 11 is 3.01. The van der Waals surface area contributed by atoms with Crippen LogP contribution in [0, 0.1) is 0 Å². The molecule has 0 bridgehead atoms. The lowest BCUT2D eigenvalue weighted by atomic mass is 10.0. The van der Waals surface area contributed by atoms with Gasteiger partial charge in [0.05, 0.1) is 35.2 Å². The molecule has 4 aromatic heterocycles. The molecule has 0 aliphatic heterocycles. The molecule has 5 aromatic carbocycles. The van der Waals surface area contributed by atoms with Crippen LogP contribution >= 0.6 is 22.7 Å². The summed E-state index contributed by atoms with van der Waals surface area (Å²) in [6.45, 7) is 0. The zero-order chi connectivity index (χ0) is 37.5. The first-order valence-corrected chi connectivity index (χ1v) is 19.5. The number of anilines is 2. The molecule has 4 heterocycles. The molecule has 0 saturated heterocycles. The number of nitrogens with zero attached hydrogens (tertiary/aromatic N) is 8. The highest BCUT2D eigenvalue weighted by Crippen LogP contribution is 2.30. The van der Waals surface area contributed by atoms with Crippen LogP contribution < -0.4 is 10.9 Å². The van der Waals surface area contributed by atoms with Gasteiger partial charge in [-0.05, 0) is 24.3 Å². The van der Waals surface area contributed by atoms with Crippen LogP contribution in [0.25, 0.3) is 56.4 Å². The predicted molar refractivity (Wildman–Crippen MR) is 229 cm³/mol. The Kier molecular flexibility index (Phi) is 9.84. The van der Waals surface area contributed by atoms with Crippen molar-refractivity contribution < 1.29 is 0 Å². The third-order valence-electron chi connectivity index (χ3n) is 8.83. The maximum Gasteiger partial charge on any atom is 0.203 e. The molecule has 2 N–H and O–H groups in total. The molecule has 0 spiro atoms. The van der Waals surface area contributed by atoms with Crippen LogP contribution in [-0.4, -0.2) is 42.0 Å². The molecule has 0 atom stereocenters. The van der Waals surface area contributed by atoms with E-state index in [1.165, 1.54) is 22.7 Å². The molecular weight excluding hydrogens is 733 g/mol. The van der Waals surface area contributed by atoms with Crippen molar-refractivity contribution in [3.05, 3.63) is 180 Å². The SMILES string of the molecule is C(=NNc1nc(-c2ccccc2)cs1)c1cn(-c2ccccc2)nc1-c1ccc(-c2nn(-c3ccccc3)cc2C=NNc2nc(-c3ccccc3)cs2)cc1. The van der Waals surface area contributed by atoms with Gasteiger partial charge in [-0.3, -0.25) is 10.9 Å². The second kappa shape index (κ2) is 16.0. The Bertz CT molecular complexity index is 2540. The number of benzene rings is 5. The van der Waals surface area contributed by atoms with Crippen molar-refractivity contribution in [1.82, 2.24) is 29.5 Å². The minimum atomic E-state index is 0.703. The van der Waals surface area contributed by atoms with Crippen LogP contribution in [0.2, 0.25) is 0 Å². The summed E-state index contributed by atoms with van der Waals surface area (Å²) in [6.07, 6.45) is 7.53. The Morgan fingerprint density at radius 1 is 0.446 bits per heavy atom. The van der Waals surface area contributed by atoms with Gasteiger partial charge in [-0.2, -0.15) is 20.4 Å². The van der Waals surface area contributed by atoms with E-state index in [2.05, 4.69) is 45.3 Å². The number of aromatic nitrogens is 6. The Hall–Kier alpha value is -7.28. The van der Waals surface area contributed by atoms with E-state index >= 15 is 0 Å². The molecule has 0 radical (unpaired) electrons. The van der Waals surface area contributed by atoms with Crippen LogP contribution in [0.4, 0.5) is 10.3 Å². The van der Waals surface area contributed by atoms with Gasteiger partial charge < -0.3 is 0 Å². The topological polar surface area (TPSA) is 110 Å². The Morgan fingerprint density at radius 3 is 1.21 bits per heavy atom. The molecular formula is C44H32N10S2. The highest BCUT2D eigenvalue weighted by atomic mass is 32.1. The van der Waals surface area contributed by atoms with Crippen molar-refractivity contribution in [1.29, 1.82) is 0 Å². The lowest BCUT2D eigenvalue weighted by Crippen LogP contribution is -1.94. The fourth-order valence-electron chi connectivity index (χ4n) is 6.07. The van der Waals surface area contributed by atoms with Crippen molar-refractivity contribution in [2.45, 2.75) is 0 Å². The van der Waals surface area contributed by atoms with Gasteiger partial charge in [-0.1, -0.05) is 121 Å². The summed E-state index contributed by atoms with van der Waals surface area (Å²) in [6, 6.07) is 48.5. The Labute approximate surface area is 330 Å². The molecule has 56 heavy (non-hydrogen) atoms. The fourth-order valence-corrected chi connectivity index (χ4v) is 7.41. The largest absolute Gasteiger partial charge is 0.253 e. The smallest absolute Gasteiger partial charge is 0.203 e. The number of nitrogens with one attached hydrogen (secondary N) is 2. The number of para-hydroxylation sites is 2. The molecule has 12 heteroatoms. The fraction of sp³-hybridized carbons (Fsp3) is 0. The molecule has 10 nitrogen and oxygen atoms in total. The van der Waals surface area contributed by atoms with Crippen LogP contribution in [0.1, 0.15) is 11.1 Å². The van der Waals surface area contributed by atoms with Crippen molar-refractivity contribution >= 4 is 45.4 Å². The summed E-state index contributed by atoms with van der Waals surface area (Å²) in [5, 5.41) is 24.6. The number of rotatable bonds is 12. The summed E-state index contributed by atoms with van der Waals surface area (Å²) in [5.74, 6) is 0. The van der Waals surface area contributed by atoms with Gasteiger partial charge in [0, 0.05) is 56.5 Å². The first-order valence-electron chi connectivity index (χ1n) is 17.7. The average Bonchev–Trinajstić information content (AvgIpc) is 4.10. The van der Waals surface area contributed by atoms with Gasteiger partial charge in [0.2, 0.25) is 10.3 Å². The first kappa shape index (κ1) is 34.5. The molecule has 270 valence electrons. The third kappa shape index (κ3) is 7.69. The zero-order valence-corrected chi connectivity index (χ0v) is 31.3. The second-order valence-electron chi connectivity index (χ2n) is 12.6. The molecule has 0 aliphatic rings. The minimum absolute atomic E-state index is 0.703. The van der Waals surface area contributed by atoms with Gasteiger partial charge in [0.25, 0.3) is 0 Å². The number of hydrogen-bond donors (Lipinski definition) is 2. The van der Waals surface area contributed by atoms with E-state index in [9.17, 15) is 0 Å². The van der Waals surface area contributed by atoms with E-state index in [0.29, 0.717) is 10.3 Å². The summed E-state index contributed by atoms with van der Waals surface area (Å²) in [5.41, 5.74) is 17.2. The molecule has 0 aliphatic carbocycles. The van der Waals surface area contributed by atoms with Crippen molar-refractivity contribution in [2.24, 2.45) is 10.2 Å². The van der Waals surface area contributed by atoms with Gasteiger partial charge in [0.1, 0.15) is 11.4 Å². The zero-order valence-electron chi connectivity index (χ0n) is 29.7. The molecule has 0 unspecified atom stereocenters. The highest BCUT2D eigenvalue weighted by molar-refractivity contribution is 7.14. The summed E-state index contributed by atoms with van der Waals surface area (Å²) in [7, 11) is 0. The standard InChI is InChI=1S/C44H32N10S2/c1-5-13-31(14-6-1)39-29-55-43(47-39)49-45-25-35-27-53(37-17-9-3-10-18-37)51-41(35)33-21-23-34(24-22-33)42-36(28-54(52-42)38-19-11-4-12-20-38)26-46-50-44-48-40(30-56-44)32-15-7-2-8-16-32/h1-30H,(H,47,49)(H,48,50). The van der Waals surface area contributed by atoms with Crippen molar-refractivity contribution in [3.8, 4) is 56.4 Å². The van der Waals surface area contributed by atoms with E-state index < -0.39 is 0 Å². The quantitative estimate of drug-likeness (QED) is 0.0947. The first-order chi connectivity index (χ1) is 27.7. The molecule has 9 rings (SSSR count). The monoisotopic (exact) mass is 764 g/mol. The van der Waals surface area contributed by atoms with Gasteiger partial charge in [-0.15, -0.1) is 22.7 Å². The molecule has 0 fully saturated rings. The van der Waals surface area contributed by atoms with E-state index in [0.717, 1.165) is 67.5 Å². The Morgan fingerprint density at radius 2 is 0.821 bits per heavy atom. The lowest BCUT2D eigenvalue weighted by molar-refractivity contribution is 0.883. The predicted octanol–water partition coefficient (Wildman–Crippen LogP) is 10.5. The molecule has 9 aromatic rings. The van der Waals surface area contributed by atoms with Gasteiger partial charge in [0.15, 0.2) is 0 Å². The van der Waals surface area contributed by atoms with Gasteiger partial charge in [-0.25, -0.2) is 19.3 Å². The Balaban J connectivity index is 0.994. The maximum absolute atomic E-state index is 5.00. The van der Waals surface area contributed by atoms with E-state index in [4.69, 9.17) is 20.2 Å². The number of thiazole rings is 2. The van der Waals surface area contributed by atoms with Crippen LogP contribution in [-0.2, 0) is 0 Å². The average molecular weight is 765 g/mol. The minimum Gasteiger partial charge on any atom is -0.253 e. The molecule has 0 saturated carbocycles. The number of hydrogen-bond acceptors (Lipinski definition) is 10. The maximum atomic E-state index is 5.00. The lowest BCUT2D eigenvalue weighted by Gasteiger charge is -2.04. The highest BCUT2D eigenvalue weighted by Gasteiger charge is 2.15. The van der Waals surface area contributed by atoms with Gasteiger partial charge >= 0.3 is 0 Å². The third-order valence-corrected chi connectivity index (χ3v) is 10.3. The second-order valence-corrected chi connectivity index (χ2v) is 14.3. The van der Waals surface area contributed by atoms with E-state index in [-0.39, 0.29) is 0 Å². The molecule has 0 amide bonds. The van der Waals surface area contributed by atoms with Crippen molar-refractivity contribution in [2.75, 3.05) is 10.9 Å².